The fraction of sp³-hybridized carbons (Fsp3) is 0.350. The zero-order valence-corrected chi connectivity index (χ0v) is 14.5. The molecule has 3 heterocycles. The molecule has 0 bridgehead atoms. The van der Waals surface area contributed by atoms with Crippen LogP contribution in [-0.4, -0.2) is 53.5 Å². The second-order valence-corrected chi connectivity index (χ2v) is 6.85. The monoisotopic (exact) mass is 351 g/mol. The molecule has 0 aliphatic carbocycles. The highest BCUT2D eigenvalue weighted by molar-refractivity contribution is 5.95. The number of benzene rings is 1. The first-order valence-electron chi connectivity index (χ1n) is 8.82. The van der Waals surface area contributed by atoms with Crippen LogP contribution in [0.1, 0.15) is 12.1 Å². The van der Waals surface area contributed by atoms with Gasteiger partial charge in [0.25, 0.3) is 5.91 Å². The predicted octanol–water partition coefficient (Wildman–Crippen LogP) is 1.66. The maximum Gasteiger partial charge on any atom is 0.253 e. The SMILES string of the molecule is O=C(Cc1ccccn1)N1CCC2(C1)CN(c1ccccc1)C(=O)CO2. The largest absolute Gasteiger partial charge is 0.361 e. The Balaban J connectivity index is 1.45. The normalized spacial score (nSPS) is 22.8. The molecule has 2 aliphatic rings. The van der Waals surface area contributed by atoms with Crippen molar-refractivity contribution in [3.05, 3.63) is 60.4 Å². The van der Waals surface area contributed by atoms with Crippen molar-refractivity contribution in [2.45, 2.75) is 18.4 Å². The van der Waals surface area contributed by atoms with E-state index in [1.54, 1.807) is 11.1 Å². The number of amides is 2. The van der Waals surface area contributed by atoms with E-state index in [0.29, 0.717) is 19.6 Å². The van der Waals surface area contributed by atoms with Gasteiger partial charge in [0.2, 0.25) is 5.91 Å². The van der Waals surface area contributed by atoms with Crippen LogP contribution in [-0.2, 0) is 20.7 Å². The summed E-state index contributed by atoms with van der Waals surface area (Å²) in [5.41, 5.74) is 1.16. The predicted molar refractivity (Wildman–Crippen MR) is 96.6 cm³/mol. The zero-order chi connectivity index (χ0) is 18.0. The molecule has 6 nitrogen and oxygen atoms in total. The van der Waals surface area contributed by atoms with E-state index in [-0.39, 0.29) is 24.8 Å². The minimum absolute atomic E-state index is 0.0416. The van der Waals surface area contributed by atoms with Crippen LogP contribution in [0.15, 0.2) is 54.7 Å². The second kappa shape index (κ2) is 6.88. The standard InChI is InChI=1S/C20H21N3O3/c24-18(12-16-6-4-5-10-21-16)22-11-9-20(14-22)15-23(19(25)13-26-20)17-7-2-1-3-8-17/h1-8,10H,9,11-15H2. The molecule has 1 spiro atoms. The molecule has 0 radical (unpaired) electrons. The Hall–Kier alpha value is -2.73. The van der Waals surface area contributed by atoms with Crippen LogP contribution >= 0.6 is 0 Å². The average molecular weight is 351 g/mol. The number of para-hydroxylation sites is 1. The van der Waals surface area contributed by atoms with Crippen LogP contribution in [0, 0.1) is 0 Å². The maximum atomic E-state index is 12.6. The van der Waals surface area contributed by atoms with Crippen molar-refractivity contribution < 1.29 is 14.3 Å². The van der Waals surface area contributed by atoms with E-state index < -0.39 is 5.60 Å². The first kappa shape index (κ1) is 16.7. The van der Waals surface area contributed by atoms with Crippen molar-refractivity contribution in [3.8, 4) is 0 Å². The Bertz CT molecular complexity index is 796. The summed E-state index contributed by atoms with van der Waals surface area (Å²) in [6.45, 7) is 1.68. The first-order valence-corrected chi connectivity index (χ1v) is 8.82. The summed E-state index contributed by atoms with van der Waals surface area (Å²) in [6, 6.07) is 15.2. The highest BCUT2D eigenvalue weighted by Crippen LogP contribution is 2.32. The average Bonchev–Trinajstić information content (AvgIpc) is 3.09. The summed E-state index contributed by atoms with van der Waals surface area (Å²) in [5, 5.41) is 0. The van der Waals surface area contributed by atoms with E-state index in [0.717, 1.165) is 17.8 Å². The highest BCUT2D eigenvalue weighted by Gasteiger charge is 2.46. The number of hydrogen-bond acceptors (Lipinski definition) is 4. The van der Waals surface area contributed by atoms with E-state index in [9.17, 15) is 9.59 Å². The third-order valence-electron chi connectivity index (χ3n) is 5.04. The minimum atomic E-state index is -0.483. The van der Waals surface area contributed by atoms with E-state index in [1.165, 1.54) is 0 Å². The number of carbonyl (C=O) groups excluding carboxylic acids is 2. The number of aromatic nitrogens is 1. The molecule has 1 aromatic carbocycles. The molecular formula is C20H21N3O3. The molecule has 0 saturated carbocycles. The second-order valence-electron chi connectivity index (χ2n) is 6.85. The van der Waals surface area contributed by atoms with E-state index in [1.807, 2.05) is 53.4 Å². The number of morpholine rings is 1. The Morgan fingerprint density at radius 1 is 1.12 bits per heavy atom. The van der Waals surface area contributed by atoms with Gasteiger partial charge < -0.3 is 14.5 Å². The lowest BCUT2D eigenvalue weighted by Gasteiger charge is -2.40. The van der Waals surface area contributed by atoms with Crippen molar-refractivity contribution >= 4 is 17.5 Å². The molecule has 0 N–H and O–H groups in total. The number of rotatable bonds is 3. The summed E-state index contributed by atoms with van der Waals surface area (Å²) in [5.74, 6) is 0.00687. The van der Waals surface area contributed by atoms with Gasteiger partial charge in [-0.3, -0.25) is 14.6 Å². The lowest BCUT2D eigenvalue weighted by atomic mass is 10.00. The fourth-order valence-electron chi connectivity index (χ4n) is 3.63. The van der Waals surface area contributed by atoms with Gasteiger partial charge in [-0.1, -0.05) is 24.3 Å². The van der Waals surface area contributed by atoms with E-state index in [4.69, 9.17) is 4.74 Å². The number of hydrogen-bond donors (Lipinski definition) is 0. The summed E-state index contributed by atoms with van der Waals surface area (Å²) in [4.78, 5) is 32.7. The summed E-state index contributed by atoms with van der Waals surface area (Å²) in [7, 11) is 0. The zero-order valence-electron chi connectivity index (χ0n) is 14.5. The lowest BCUT2D eigenvalue weighted by Crippen LogP contribution is -2.56. The lowest BCUT2D eigenvalue weighted by molar-refractivity contribution is -0.139. The van der Waals surface area contributed by atoms with Gasteiger partial charge in [-0.05, 0) is 30.7 Å². The Labute approximate surface area is 152 Å². The van der Waals surface area contributed by atoms with Gasteiger partial charge in [0, 0.05) is 24.1 Å². The third-order valence-corrected chi connectivity index (χ3v) is 5.04. The number of likely N-dealkylation sites (tertiary alicyclic amines) is 1. The third kappa shape index (κ3) is 3.32. The van der Waals surface area contributed by atoms with Crippen molar-refractivity contribution in [2.75, 3.05) is 31.1 Å². The number of nitrogens with zero attached hydrogens (tertiary/aromatic N) is 3. The van der Waals surface area contributed by atoms with Gasteiger partial charge >= 0.3 is 0 Å². The Morgan fingerprint density at radius 2 is 1.92 bits per heavy atom. The molecule has 1 aromatic heterocycles. The quantitative estimate of drug-likeness (QED) is 0.844. The van der Waals surface area contributed by atoms with Crippen LogP contribution < -0.4 is 4.90 Å². The smallest absolute Gasteiger partial charge is 0.253 e. The van der Waals surface area contributed by atoms with Gasteiger partial charge in [-0.2, -0.15) is 0 Å². The van der Waals surface area contributed by atoms with Crippen LogP contribution in [0.3, 0.4) is 0 Å². The molecule has 6 heteroatoms. The van der Waals surface area contributed by atoms with Crippen LogP contribution in [0.4, 0.5) is 5.69 Å². The molecule has 1 atom stereocenters. The van der Waals surface area contributed by atoms with E-state index >= 15 is 0 Å². The highest BCUT2D eigenvalue weighted by atomic mass is 16.5. The molecule has 2 aromatic rings. The molecule has 2 fully saturated rings. The van der Waals surface area contributed by atoms with Crippen molar-refractivity contribution in [3.63, 3.8) is 0 Å². The topological polar surface area (TPSA) is 62.7 Å². The van der Waals surface area contributed by atoms with E-state index in [2.05, 4.69) is 4.98 Å². The summed E-state index contributed by atoms with van der Waals surface area (Å²) >= 11 is 0. The Morgan fingerprint density at radius 3 is 2.69 bits per heavy atom. The summed E-state index contributed by atoms with van der Waals surface area (Å²) in [6.07, 6.45) is 2.72. The maximum absolute atomic E-state index is 12.6. The molecule has 2 aliphatic heterocycles. The van der Waals surface area contributed by atoms with Crippen LogP contribution in [0.2, 0.25) is 0 Å². The molecular weight excluding hydrogens is 330 g/mol. The molecule has 1 unspecified atom stereocenters. The molecule has 134 valence electrons. The Kier molecular flexibility index (Phi) is 4.42. The van der Waals surface area contributed by atoms with Gasteiger partial charge in [0.05, 0.1) is 19.5 Å². The summed E-state index contributed by atoms with van der Waals surface area (Å²) < 4.78 is 5.92. The molecule has 4 rings (SSSR count). The van der Waals surface area contributed by atoms with Gasteiger partial charge in [0.1, 0.15) is 12.2 Å². The van der Waals surface area contributed by atoms with Crippen molar-refractivity contribution in [1.82, 2.24) is 9.88 Å². The molecule has 2 amide bonds. The number of anilines is 1. The van der Waals surface area contributed by atoms with Crippen molar-refractivity contribution in [1.29, 1.82) is 0 Å². The molecule has 2 saturated heterocycles. The number of ether oxygens (including phenoxy) is 1. The van der Waals surface area contributed by atoms with Gasteiger partial charge in [-0.15, -0.1) is 0 Å². The number of pyridine rings is 1. The van der Waals surface area contributed by atoms with Gasteiger partial charge in [-0.25, -0.2) is 0 Å². The van der Waals surface area contributed by atoms with Crippen LogP contribution in [0.5, 0.6) is 0 Å². The first-order chi connectivity index (χ1) is 12.7. The molecule has 26 heavy (non-hydrogen) atoms. The minimum Gasteiger partial charge on any atom is -0.361 e. The fourth-order valence-corrected chi connectivity index (χ4v) is 3.63. The number of carbonyl (C=O) groups is 2. The van der Waals surface area contributed by atoms with Gasteiger partial charge in [0.15, 0.2) is 0 Å². The van der Waals surface area contributed by atoms with Crippen LogP contribution in [0.25, 0.3) is 0 Å². The van der Waals surface area contributed by atoms with Crippen molar-refractivity contribution in [2.24, 2.45) is 0 Å².